The van der Waals surface area contributed by atoms with E-state index < -0.39 is 0 Å². The van der Waals surface area contributed by atoms with Gasteiger partial charge >= 0.3 is 0 Å². The molecule has 1 aromatic rings. The Hall–Kier alpha value is -1.85. The summed E-state index contributed by atoms with van der Waals surface area (Å²) in [6.07, 6.45) is 3.35. The van der Waals surface area contributed by atoms with Gasteiger partial charge in [-0.2, -0.15) is 0 Å². The van der Waals surface area contributed by atoms with Crippen LogP contribution in [0.25, 0.3) is 0 Å². The van der Waals surface area contributed by atoms with Gasteiger partial charge in [0, 0.05) is 18.2 Å². The Balaban J connectivity index is 2.74. The van der Waals surface area contributed by atoms with Crippen molar-refractivity contribution in [2.45, 2.75) is 46.1 Å². The SMILES string of the molecule is CCCc1c(NC)ncnc1NCC(=O)NC(C)(C)C. The third kappa shape index (κ3) is 5.03. The Morgan fingerprint density at radius 2 is 1.90 bits per heavy atom. The third-order valence-corrected chi connectivity index (χ3v) is 2.61. The second-order valence-electron chi connectivity index (χ2n) is 5.70. The average molecular weight is 279 g/mol. The van der Waals surface area contributed by atoms with Gasteiger partial charge in [-0.1, -0.05) is 13.3 Å². The molecule has 0 saturated carbocycles. The van der Waals surface area contributed by atoms with Crippen LogP contribution >= 0.6 is 0 Å². The molecule has 0 spiro atoms. The summed E-state index contributed by atoms with van der Waals surface area (Å²) in [7, 11) is 1.83. The molecular formula is C14H25N5O. The van der Waals surface area contributed by atoms with E-state index in [1.807, 2.05) is 27.8 Å². The lowest BCUT2D eigenvalue weighted by Gasteiger charge is -2.21. The van der Waals surface area contributed by atoms with E-state index >= 15 is 0 Å². The van der Waals surface area contributed by atoms with Crippen molar-refractivity contribution in [3.63, 3.8) is 0 Å². The van der Waals surface area contributed by atoms with Crippen molar-refractivity contribution in [1.82, 2.24) is 15.3 Å². The highest BCUT2D eigenvalue weighted by atomic mass is 16.2. The van der Waals surface area contributed by atoms with E-state index in [1.165, 1.54) is 6.33 Å². The van der Waals surface area contributed by atoms with Crippen LogP contribution in [-0.4, -0.2) is 35.0 Å². The van der Waals surface area contributed by atoms with Crippen LogP contribution in [0.3, 0.4) is 0 Å². The highest BCUT2D eigenvalue weighted by Crippen LogP contribution is 2.20. The number of rotatable bonds is 6. The van der Waals surface area contributed by atoms with Crippen LogP contribution in [0.5, 0.6) is 0 Å². The Morgan fingerprint density at radius 1 is 1.25 bits per heavy atom. The summed E-state index contributed by atoms with van der Waals surface area (Å²) in [5.41, 5.74) is 0.786. The highest BCUT2D eigenvalue weighted by molar-refractivity contribution is 5.81. The zero-order chi connectivity index (χ0) is 15.2. The molecule has 0 aliphatic carbocycles. The van der Waals surface area contributed by atoms with E-state index in [-0.39, 0.29) is 18.0 Å². The predicted octanol–water partition coefficient (Wildman–Crippen LogP) is 1.80. The molecule has 0 unspecified atom stereocenters. The van der Waals surface area contributed by atoms with Crippen LogP contribution in [0.15, 0.2) is 6.33 Å². The first-order chi connectivity index (χ1) is 9.37. The summed E-state index contributed by atoms with van der Waals surface area (Å²) in [5.74, 6) is 1.47. The molecule has 0 bridgehead atoms. The van der Waals surface area contributed by atoms with Crippen LogP contribution < -0.4 is 16.0 Å². The maximum atomic E-state index is 11.8. The number of nitrogens with zero attached hydrogens (tertiary/aromatic N) is 2. The summed E-state index contributed by atoms with van der Waals surface area (Å²) in [6.45, 7) is 8.17. The molecule has 1 aromatic heterocycles. The standard InChI is InChI=1S/C14H25N5O/c1-6-7-10-12(15-5)17-9-18-13(10)16-8-11(20)19-14(2,3)4/h9H,6-8H2,1-5H3,(H,19,20)(H2,15,16,17,18). The normalized spacial score (nSPS) is 11.1. The highest BCUT2D eigenvalue weighted by Gasteiger charge is 2.15. The lowest BCUT2D eigenvalue weighted by molar-refractivity contribution is -0.120. The topological polar surface area (TPSA) is 78.9 Å². The van der Waals surface area contributed by atoms with E-state index in [2.05, 4.69) is 32.8 Å². The molecule has 0 aromatic carbocycles. The number of amides is 1. The van der Waals surface area contributed by atoms with E-state index in [4.69, 9.17) is 0 Å². The summed E-state index contributed by atoms with van der Waals surface area (Å²) in [4.78, 5) is 20.3. The van der Waals surface area contributed by atoms with Crippen molar-refractivity contribution in [3.05, 3.63) is 11.9 Å². The van der Waals surface area contributed by atoms with Gasteiger partial charge in [-0.25, -0.2) is 9.97 Å². The summed E-state index contributed by atoms with van der Waals surface area (Å²) in [5, 5.41) is 9.06. The zero-order valence-corrected chi connectivity index (χ0v) is 13.0. The van der Waals surface area contributed by atoms with Gasteiger partial charge in [0.1, 0.15) is 18.0 Å². The summed E-state index contributed by atoms with van der Waals surface area (Å²) < 4.78 is 0. The fraction of sp³-hybridized carbons (Fsp3) is 0.643. The van der Waals surface area contributed by atoms with E-state index in [0.29, 0.717) is 0 Å². The number of hydrogen-bond donors (Lipinski definition) is 3. The van der Waals surface area contributed by atoms with Crippen molar-refractivity contribution in [2.24, 2.45) is 0 Å². The minimum absolute atomic E-state index is 0.0513. The van der Waals surface area contributed by atoms with E-state index in [1.54, 1.807) is 0 Å². The average Bonchev–Trinajstić information content (AvgIpc) is 2.35. The number of carbonyl (C=O) groups excluding carboxylic acids is 1. The summed E-state index contributed by atoms with van der Waals surface area (Å²) in [6, 6.07) is 0. The monoisotopic (exact) mass is 279 g/mol. The molecule has 112 valence electrons. The third-order valence-electron chi connectivity index (χ3n) is 2.61. The van der Waals surface area contributed by atoms with Gasteiger partial charge in [-0.15, -0.1) is 0 Å². The van der Waals surface area contributed by atoms with Gasteiger partial charge in [0.2, 0.25) is 5.91 Å². The van der Waals surface area contributed by atoms with Crippen LogP contribution in [0, 0.1) is 0 Å². The first kappa shape index (κ1) is 16.2. The summed E-state index contributed by atoms with van der Waals surface area (Å²) >= 11 is 0. The molecule has 3 N–H and O–H groups in total. The molecule has 1 amide bonds. The maximum Gasteiger partial charge on any atom is 0.239 e. The Morgan fingerprint density at radius 3 is 2.45 bits per heavy atom. The van der Waals surface area contributed by atoms with Crippen LogP contribution in [0.1, 0.15) is 39.7 Å². The molecule has 20 heavy (non-hydrogen) atoms. The van der Waals surface area contributed by atoms with Crippen molar-refractivity contribution < 1.29 is 4.79 Å². The largest absolute Gasteiger partial charge is 0.373 e. The molecule has 0 fully saturated rings. The predicted molar refractivity (Wildman–Crippen MR) is 82.0 cm³/mol. The quantitative estimate of drug-likeness (QED) is 0.740. The Bertz CT molecular complexity index is 453. The molecule has 0 radical (unpaired) electrons. The van der Waals surface area contributed by atoms with Crippen LogP contribution in [-0.2, 0) is 11.2 Å². The van der Waals surface area contributed by atoms with Crippen LogP contribution in [0.2, 0.25) is 0 Å². The van der Waals surface area contributed by atoms with E-state index in [0.717, 1.165) is 30.0 Å². The first-order valence-electron chi connectivity index (χ1n) is 6.94. The van der Waals surface area contributed by atoms with Gasteiger partial charge in [-0.05, 0) is 27.2 Å². The lowest BCUT2D eigenvalue weighted by atomic mass is 10.1. The molecule has 6 heteroatoms. The molecule has 6 nitrogen and oxygen atoms in total. The maximum absolute atomic E-state index is 11.8. The van der Waals surface area contributed by atoms with Gasteiger partial charge in [0.15, 0.2) is 0 Å². The van der Waals surface area contributed by atoms with Gasteiger partial charge in [0.05, 0.1) is 6.54 Å². The molecule has 0 saturated heterocycles. The van der Waals surface area contributed by atoms with Gasteiger partial charge in [-0.3, -0.25) is 4.79 Å². The fourth-order valence-electron chi connectivity index (χ4n) is 1.89. The number of hydrogen-bond acceptors (Lipinski definition) is 5. The van der Waals surface area contributed by atoms with E-state index in [9.17, 15) is 4.79 Å². The van der Waals surface area contributed by atoms with Crippen molar-refractivity contribution in [2.75, 3.05) is 24.2 Å². The van der Waals surface area contributed by atoms with Crippen molar-refractivity contribution >= 4 is 17.5 Å². The molecule has 1 rings (SSSR count). The Kier molecular flexibility index (Phi) is 5.73. The minimum Gasteiger partial charge on any atom is -0.373 e. The molecule has 0 aliphatic rings. The lowest BCUT2D eigenvalue weighted by Crippen LogP contribution is -2.43. The second kappa shape index (κ2) is 7.07. The smallest absolute Gasteiger partial charge is 0.239 e. The Labute approximate surface area is 120 Å². The molecule has 1 heterocycles. The molecule has 0 aliphatic heterocycles. The second-order valence-corrected chi connectivity index (χ2v) is 5.70. The first-order valence-corrected chi connectivity index (χ1v) is 6.94. The van der Waals surface area contributed by atoms with Crippen LogP contribution in [0.4, 0.5) is 11.6 Å². The molecular weight excluding hydrogens is 254 g/mol. The number of nitrogens with one attached hydrogen (secondary N) is 3. The van der Waals surface area contributed by atoms with Gasteiger partial charge in [0.25, 0.3) is 0 Å². The van der Waals surface area contributed by atoms with Gasteiger partial charge < -0.3 is 16.0 Å². The zero-order valence-electron chi connectivity index (χ0n) is 13.0. The van der Waals surface area contributed by atoms with Crippen molar-refractivity contribution in [3.8, 4) is 0 Å². The fourth-order valence-corrected chi connectivity index (χ4v) is 1.89. The molecule has 0 atom stereocenters. The number of carbonyl (C=O) groups is 1. The van der Waals surface area contributed by atoms with Crippen molar-refractivity contribution in [1.29, 1.82) is 0 Å². The minimum atomic E-state index is -0.229. The number of aromatic nitrogens is 2. The number of anilines is 2.